The lowest BCUT2D eigenvalue weighted by Gasteiger charge is -2.35. The molecule has 1 aliphatic heterocycles. The van der Waals surface area contributed by atoms with Gasteiger partial charge in [-0.15, -0.1) is 0 Å². The summed E-state index contributed by atoms with van der Waals surface area (Å²) in [6, 6.07) is 4.49. The molecule has 1 saturated heterocycles. The van der Waals surface area contributed by atoms with E-state index in [4.69, 9.17) is 0 Å². The maximum Gasteiger partial charge on any atom is 0.416 e. The Morgan fingerprint density at radius 1 is 0.897 bits per heavy atom. The highest BCUT2D eigenvalue weighted by atomic mass is 79.9. The van der Waals surface area contributed by atoms with Crippen molar-refractivity contribution in [3.8, 4) is 0 Å². The van der Waals surface area contributed by atoms with Crippen molar-refractivity contribution in [2.75, 3.05) is 31.1 Å². The maximum absolute atomic E-state index is 13.0. The van der Waals surface area contributed by atoms with Gasteiger partial charge in [0.05, 0.1) is 11.1 Å². The number of alkyl halides is 6. The lowest BCUT2D eigenvalue weighted by Crippen LogP contribution is -2.49. The first kappa shape index (κ1) is 21.4. The summed E-state index contributed by atoms with van der Waals surface area (Å²) < 4.78 is 78.8. The zero-order valence-corrected chi connectivity index (χ0v) is 16.3. The highest BCUT2D eigenvalue weighted by Gasteiger charge is 2.38. The van der Waals surface area contributed by atoms with E-state index in [1.807, 2.05) is 4.90 Å². The third-order valence-corrected chi connectivity index (χ3v) is 4.91. The van der Waals surface area contributed by atoms with E-state index < -0.39 is 35.0 Å². The summed E-state index contributed by atoms with van der Waals surface area (Å²) in [6.45, 7) is 0.999. The number of piperazine rings is 1. The quantitative estimate of drug-likeness (QED) is 0.575. The normalized spacial score (nSPS) is 15.6. The van der Waals surface area contributed by atoms with Gasteiger partial charge in [0.2, 0.25) is 0 Å². The van der Waals surface area contributed by atoms with Gasteiger partial charge in [0.1, 0.15) is 5.82 Å². The molecule has 2 heterocycles. The van der Waals surface area contributed by atoms with E-state index in [0.717, 1.165) is 4.47 Å². The Kier molecular flexibility index (Phi) is 5.79. The van der Waals surface area contributed by atoms with E-state index in [-0.39, 0.29) is 19.2 Å². The van der Waals surface area contributed by atoms with Crippen LogP contribution in [0.4, 0.5) is 32.2 Å². The van der Waals surface area contributed by atoms with Crippen LogP contribution in [0.3, 0.4) is 0 Å². The summed E-state index contributed by atoms with van der Waals surface area (Å²) in [5.74, 6) is -0.205. The van der Waals surface area contributed by atoms with Crippen LogP contribution in [-0.2, 0) is 12.4 Å². The van der Waals surface area contributed by atoms with E-state index in [2.05, 4.69) is 20.9 Å². The van der Waals surface area contributed by atoms with Crippen LogP contribution in [0.15, 0.2) is 41.0 Å². The fourth-order valence-corrected chi connectivity index (χ4v) is 3.19. The van der Waals surface area contributed by atoms with E-state index in [1.54, 1.807) is 18.3 Å². The Labute approximate surface area is 170 Å². The number of aromatic nitrogens is 1. The summed E-state index contributed by atoms with van der Waals surface area (Å²) in [5, 5.41) is 0. The van der Waals surface area contributed by atoms with E-state index >= 15 is 0 Å². The standard InChI is InChI=1S/C18H14BrF6N3O/c19-14-1-2-15(26-10-14)27-3-5-28(6-4-27)16(29)11-7-12(17(20,21)22)9-13(8-11)18(23,24)25/h1-2,7-10H,3-6H2. The number of hydrogen-bond acceptors (Lipinski definition) is 3. The number of nitrogens with zero attached hydrogens (tertiary/aromatic N) is 3. The van der Waals surface area contributed by atoms with E-state index in [9.17, 15) is 31.1 Å². The molecular formula is C18H14BrF6N3O. The number of pyridine rings is 1. The number of carbonyl (C=O) groups excluding carboxylic acids is 1. The minimum absolute atomic E-state index is 0.00786. The zero-order valence-electron chi connectivity index (χ0n) is 14.7. The predicted octanol–water partition coefficient (Wildman–Crippen LogP) is 4.84. The molecule has 2 aromatic rings. The number of benzene rings is 1. The number of halogens is 7. The molecule has 3 rings (SSSR count). The first-order chi connectivity index (χ1) is 13.4. The van der Waals surface area contributed by atoms with E-state index in [1.165, 1.54) is 4.90 Å². The van der Waals surface area contributed by atoms with Gasteiger partial charge in [-0.05, 0) is 46.3 Å². The monoisotopic (exact) mass is 481 g/mol. The lowest BCUT2D eigenvalue weighted by molar-refractivity contribution is -0.143. The van der Waals surface area contributed by atoms with Crippen molar-refractivity contribution >= 4 is 27.7 Å². The van der Waals surface area contributed by atoms with Crippen molar-refractivity contribution in [2.24, 2.45) is 0 Å². The molecule has 0 aliphatic carbocycles. The first-order valence-electron chi connectivity index (χ1n) is 8.40. The Bertz CT molecular complexity index is 858. The summed E-state index contributed by atoms with van der Waals surface area (Å²) >= 11 is 3.27. The van der Waals surface area contributed by atoms with Crippen LogP contribution >= 0.6 is 15.9 Å². The van der Waals surface area contributed by atoms with Crippen molar-refractivity contribution in [3.63, 3.8) is 0 Å². The minimum atomic E-state index is -5.00. The second kappa shape index (κ2) is 7.85. The van der Waals surface area contributed by atoms with Crippen LogP contribution in [0, 0.1) is 0 Å². The van der Waals surface area contributed by atoms with Gasteiger partial charge in [0, 0.05) is 42.4 Å². The minimum Gasteiger partial charge on any atom is -0.353 e. The molecule has 0 bridgehead atoms. The highest BCUT2D eigenvalue weighted by Crippen LogP contribution is 2.36. The van der Waals surface area contributed by atoms with Crippen molar-refractivity contribution in [3.05, 3.63) is 57.7 Å². The fourth-order valence-electron chi connectivity index (χ4n) is 2.95. The third kappa shape index (κ3) is 5.01. The number of amides is 1. The number of rotatable bonds is 2. The SMILES string of the molecule is O=C(c1cc(C(F)(F)F)cc(C(F)(F)F)c1)N1CCN(c2ccc(Br)cn2)CC1. The molecular weight excluding hydrogens is 468 g/mol. The fraction of sp³-hybridized carbons (Fsp3) is 0.333. The molecule has 0 unspecified atom stereocenters. The van der Waals surface area contributed by atoms with Gasteiger partial charge in [-0.2, -0.15) is 26.3 Å². The number of anilines is 1. The van der Waals surface area contributed by atoms with Crippen LogP contribution in [0.5, 0.6) is 0 Å². The van der Waals surface area contributed by atoms with Crippen LogP contribution in [0.25, 0.3) is 0 Å². The number of hydrogen-bond donors (Lipinski definition) is 0. The molecule has 29 heavy (non-hydrogen) atoms. The lowest BCUT2D eigenvalue weighted by atomic mass is 10.0. The van der Waals surface area contributed by atoms with Gasteiger partial charge < -0.3 is 9.80 Å². The van der Waals surface area contributed by atoms with Gasteiger partial charge in [-0.1, -0.05) is 0 Å². The molecule has 1 aromatic carbocycles. The second-order valence-corrected chi connectivity index (χ2v) is 7.32. The van der Waals surface area contributed by atoms with Crippen molar-refractivity contribution < 1.29 is 31.1 Å². The maximum atomic E-state index is 13.0. The van der Waals surface area contributed by atoms with Gasteiger partial charge in [0.15, 0.2) is 0 Å². The molecule has 0 saturated carbocycles. The van der Waals surface area contributed by atoms with Gasteiger partial charge in [-0.25, -0.2) is 4.98 Å². The predicted molar refractivity (Wildman–Crippen MR) is 96.5 cm³/mol. The van der Waals surface area contributed by atoms with Gasteiger partial charge >= 0.3 is 12.4 Å². The summed E-state index contributed by atoms with van der Waals surface area (Å²) in [7, 11) is 0. The highest BCUT2D eigenvalue weighted by molar-refractivity contribution is 9.10. The Morgan fingerprint density at radius 2 is 1.45 bits per heavy atom. The average molecular weight is 482 g/mol. The average Bonchev–Trinajstić information content (AvgIpc) is 2.66. The molecule has 0 spiro atoms. The molecule has 0 radical (unpaired) electrons. The summed E-state index contributed by atoms with van der Waals surface area (Å²) in [5.41, 5.74) is -3.65. The molecule has 1 fully saturated rings. The molecule has 1 amide bonds. The summed E-state index contributed by atoms with van der Waals surface area (Å²) in [6.07, 6.45) is -8.39. The topological polar surface area (TPSA) is 36.4 Å². The molecule has 4 nitrogen and oxygen atoms in total. The third-order valence-electron chi connectivity index (χ3n) is 4.44. The van der Waals surface area contributed by atoms with Crippen molar-refractivity contribution in [1.82, 2.24) is 9.88 Å². The van der Waals surface area contributed by atoms with Crippen LogP contribution < -0.4 is 4.90 Å². The largest absolute Gasteiger partial charge is 0.416 e. The van der Waals surface area contributed by atoms with Gasteiger partial charge in [0.25, 0.3) is 5.91 Å². The summed E-state index contributed by atoms with van der Waals surface area (Å²) in [4.78, 5) is 19.9. The van der Waals surface area contributed by atoms with Crippen molar-refractivity contribution in [1.29, 1.82) is 0 Å². The zero-order chi connectivity index (χ0) is 21.4. The molecule has 11 heteroatoms. The van der Waals surface area contributed by atoms with E-state index in [0.29, 0.717) is 31.0 Å². The Balaban J connectivity index is 1.79. The van der Waals surface area contributed by atoms with Gasteiger partial charge in [-0.3, -0.25) is 4.79 Å². The van der Waals surface area contributed by atoms with Crippen LogP contribution in [-0.4, -0.2) is 42.0 Å². The molecule has 156 valence electrons. The molecule has 1 aromatic heterocycles. The Hall–Kier alpha value is -2.30. The number of carbonyl (C=O) groups is 1. The molecule has 0 atom stereocenters. The first-order valence-corrected chi connectivity index (χ1v) is 9.20. The molecule has 0 N–H and O–H groups in total. The molecule has 1 aliphatic rings. The van der Waals surface area contributed by atoms with Crippen LogP contribution in [0.1, 0.15) is 21.5 Å². The smallest absolute Gasteiger partial charge is 0.353 e. The second-order valence-electron chi connectivity index (χ2n) is 6.41. The Morgan fingerprint density at radius 3 is 1.90 bits per heavy atom. The van der Waals surface area contributed by atoms with Crippen LogP contribution in [0.2, 0.25) is 0 Å². The van der Waals surface area contributed by atoms with Crippen molar-refractivity contribution in [2.45, 2.75) is 12.4 Å².